The van der Waals surface area contributed by atoms with E-state index in [1.165, 1.54) is 0 Å². The molecule has 6 heteroatoms. The first kappa shape index (κ1) is 18.2. The van der Waals surface area contributed by atoms with Gasteiger partial charge in [-0.25, -0.2) is 9.59 Å². The van der Waals surface area contributed by atoms with Gasteiger partial charge in [0.15, 0.2) is 0 Å². The van der Waals surface area contributed by atoms with Crippen molar-refractivity contribution < 1.29 is 24.2 Å². The molecule has 0 atom stereocenters. The number of ether oxygens (including phenoxy) is 2. The van der Waals surface area contributed by atoms with Gasteiger partial charge in [0.25, 0.3) is 0 Å². The van der Waals surface area contributed by atoms with E-state index in [0.717, 1.165) is 17.2 Å². The van der Waals surface area contributed by atoms with E-state index in [1.807, 2.05) is 60.7 Å². The number of esters is 1. The van der Waals surface area contributed by atoms with Crippen molar-refractivity contribution in [1.29, 1.82) is 0 Å². The minimum Gasteiger partial charge on any atom is -0.456 e. The van der Waals surface area contributed by atoms with Crippen LogP contribution in [0.5, 0.6) is 0 Å². The average molecular weight is 341 g/mol. The number of rotatable bonds is 7. The summed E-state index contributed by atoms with van der Waals surface area (Å²) in [5, 5.41) is 11.3. The van der Waals surface area contributed by atoms with Crippen LogP contribution in [0.2, 0.25) is 0 Å². The van der Waals surface area contributed by atoms with Gasteiger partial charge in [0, 0.05) is 0 Å². The van der Waals surface area contributed by atoms with Gasteiger partial charge in [-0.2, -0.15) is 0 Å². The molecule has 0 aromatic heterocycles. The summed E-state index contributed by atoms with van der Waals surface area (Å²) in [6.07, 6.45) is 0.345. The standard InChI is InChI=1S/C19H19NO5/c21-12-11-17(18(22)24-13-15-7-3-1-4-8-15)20-19(23)25-14-16-9-5-2-6-10-16/h1-11,21H,12-14H2,(H,20,23)/b17-11+. The summed E-state index contributed by atoms with van der Waals surface area (Å²) < 4.78 is 10.2. The van der Waals surface area contributed by atoms with E-state index >= 15 is 0 Å². The molecule has 0 aliphatic carbocycles. The Morgan fingerprint density at radius 2 is 1.40 bits per heavy atom. The summed E-state index contributed by atoms with van der Waals surface area (Å²) in [5.41, 5.74) is 1.46. The second-order valence-electron chi connectivity index (χ2n) is 5.05. The highest BCUT2D eigenvalue weighted by Gasteiger charge is 2.15. The Labute approximate surface area is 145 Å². The average Bonchev–Trinajstić information content (AvgIpc) is 2.66. The van der Waals surface area contributed by atoms with Gasteiger partial charge in [-0.1, -0.05) is 60.7 Å². The lowest BCUT2D eigenvalue weighted by atomic mass is 10.2. The van der Waals surface area contributed by atoms with Crippen molar-refractivity contribution in [3.63, 3.8) is 0 Å². The molecule has 0 saturated carbocycles. The predicted octanol–water partition coefficient (Wildman–Crippen LogP) is 2.53. The topological polar surface area (TPSA) is 84.9 Å². The van der Waals surface area contributed by atoms with Crippen LogP contribution in [0.3, 0.4) is 0 Å². The number of carbonyl (C=O) groups is 2. The molecular formula is C19H19NO5. The molecule has 0 unspecified atom stereocenters. The first-order valence-corrected chi connectivity index (χ1v) is 7.69. The Kier molecular flexibility index (Phi) is 7.21. The number of carbonyl (C=O) groups excluding carboxylic acids is 2. The minimum absolute atomic E-state index is 0.0587. The Bertz CT molecular complexity index is 713. The summed E-state index contributed by atoms with van der Waals surface area (Å²) in [7, 11) is 0. The van der Waals surface area contributed by atoms with Crippen molar-refractivity contribution in [2.45, 2.75) is 13.2 Å². The molecule has 2 aromatic rings. The van der Waals surface area contributed by atoms with E-state index in [-0.39, 0.29) is 18.9 Å². The molecule has 6 nitrogen and oxygen atoms in total. The number of aliphatic hydroxyl groups excluding tert-OH is 1. The second kappa shape index (κ2) is 9.89. The third-order valence-electron chi connectivity index (χ3n) is 3.18. The molecule has 0 aliphatic rings. The maximum atomic E-state index is 12.0. The third kappa shape index (κ3) is 6.48. The van der Waals surface area contributed by atoms with Crippen LogP contribution in [0.4, 0.5) is 4.79 Å². The smallest absolute Gasteiger partial charge is 0.412 e. The van der Waals surface area contributed by atoms with Gasteiger partial charge in [-0.15, -0.1) is 0 Å². The third-order valence-corrected chi connectivity index (χ3v) is 3.18. The van der Waals surface area contributed by atoms with Crippen LogP contribution in [0.15, 0.2) is 72.4 Å². The zero-order valence-electron chi connectivity index (χ0n) is 13.6. The van der Waals surface area contributed by atoms with Gasteiger partial charge in [0.1, 0.15) is 18.9 Å². The van der Waals surface area contributed by atoms with Gasteiger partial charge in [-0.05, 0) is 17.2 Å². The van der Waals surface area contributed by atoms with Gasteiger partial charge in [0.05, 0.1) is 6.61 Å². The van der Waals surface area contributed by atoms with Crippen molar-refractivity contribution >= 4 is 12.1 Å². The van der Waals surface area contributed by atoms with Gasteiger partial charge >= 0.3 is 12.1 Å². The summed E-state index contributed by atoms with van der Waals surface area (Å²) in [6, 6.07) is 18.3. The van der Waals surface area contributed by atoms with Gasteiger partial charge in [0.2, 0.25) is 0 Å². The molecule has 0 spiro atoms. The van der Waals surface area contributed by atoms with E-state index in [1.54, 1.807) is 0 Å². The Balaban J connectivity index is 1.85. The molecule has 0 radical (unpaired) electrons. The van der Waals surface area contributed by atoms with Gasteiger partial charge in [-0.3, -0.25) is 5.32 Å². The maximum Gasteiger partial charge on any atom is 0.412 e. The summed E-state index contributed by atoms with van der Waals surface area (Å²) in [5.74, 6) is -0.755. The molecule has 0 fully saturated rings. The number of benzene rings is 2. The molecule has 2 aromatic carbocycles. The zero-order chi connectivity index (χ0) is 17.9. The Hall–Kier alpha value is -3.12. The van der Waals surface area contributed by atoms with Crippen molar-refractivity contribution in [2.24, 2.45) is 0 Å². The lowest BCUT2D eigenvalue weighted by Crippen LogP contribution is -2.29. The number of hydrogen-bond acceptors (Lipinski definition) is 5. The fourth-order valence-corrected chi connectivity index (χ4v) is 1.95. The fraction of sp³-hybridized carbons (Fsp3) is 0.158. The monoisotopic (exact) mass is 341 g/mol. The number of amides is 1. The molecule has 2 N–H and O–H groups in total. The van der Waals surface area contributed by atoms with Crippen LogP contribution in [0.1, 0.15) is 11.1 Å². The second-order valence-corrected chi connectivity index (χ2v) is 5.05. The van der Waals surface area contributed by atoms with E-state index in [2.05, 4.69) is 5.32 Å². The normalized spacial score (nSPS) is 10.8. The summed E-state index contributed by atoms with van der Waals surface area (Å²) in [4.78, 5) is 23.9. The highest BCUT2D eigenvalue weighted by molar-refractivity contribution is 5.92. The van der Waals surface area contributed by atoms with Crippen LogP contribution >= 0.6 is 0 Å². The lowest BCUT2D eigenvalue weighted by molar-refractivity contribution is -0.140. The Morgan fingerprint density at radius 3 is 1.92 bits per heavy atom. The van der Waals surface area contributed by atoms with Crippen molar-refractivity contribution in [1.82, 2.24) is 5.32 Å². The van der Waals surface area contributed by atoms with Crippen LogP contribution < -0.4 is 5.32 Å². The molecular weight excluding hydrogens is 322 g/mol. The predicted molar refractivity (Wildman–Crippen MR) is 91.2 cm³/mol. The molecule has 0 aliphatic heterocycles. The van der Waals surface area contributed by atoms with E-state index in [9.17, 15) is 9.59 Å². The number of aliphatic hydroxyl groups is 1. The van der Waals surface area contributed by atoms with E-state index in [4.69, 9.17) is 14.6 Å². The summed E-state index contributed by atoms with van der Waals surface area (Å²) >= 11 is 0. The summed E-state index contributed by atoms with van der Waals surface area (Å²) in [6.45, 7) is -0.296. The van der Waals surface area contributed by atoms with Crippen LogP contribution in [0.25, 0.3) is 0 Å². The molecule has 0 bridgehead atoms. The van der Waals surface area contributed by atoms with Crippen molar-refractivity contribution in [2.75, 3.05) is 6.61 Å². The SMILES string of the molecule is O=C(N/C(=C/CO)C(=O)OCc1ccccc1)OCc1ccccc1. The largest absolute Gasteiger partial charge is 0.456 e. The van der Waals surface area contributed by atoms with E-state index in [0.29, 0.717) is 0 Å². The maximum absolute atomic E-state index is 12.0. The minimum atomic E-state index is -0.805. The zero-order valence-corrected chi connectivity index (χ0v) is 13.6. The first-order chi connectivity index (χ1) is 12.2. The number of alkyl carbamates (subject to hydrolysis) is 1. The fourth-order valence-electron chi connectivity index (χ4n) is 1.95. The number of nitrogens with one attached hydrogen (secondary N) is 1. The molecule has 2 rings (SSSR count). The molecule has 25 heavy (non-hydrogen) atoms. The molecule has 0 saturated heterocycles. The lowest BCUT2D eigenvalue weighted by Gasteiger charge is -2.10. The Morgan fingerprint density at radius 1 is 0.880 bits per heavy atom. The highest BCUT2D eigenvalue weighted by atomic mass is 16.6. The van der Waals surface area contributed by atoms with Crippen molar-refractivity contribution in [3.05, 3.63) is 83.6 Å². The van der Waals surface area contributed by atoms with Crippen LogP contribution in [0, 0.1) is 0 Å². The molecule has 0 heterocycles. The highest BCUT2D eigenvalue weighted by Crippen LogP contribution is 2.05. The van der Waals surface area contributed by atoms with Gasteiger partial charge < -0.3 is 14.6 Å². The van der Waals surface area contributed by atoms with Crippen molar-refractivity contribution in [3.8, 4) is 0 Å². The quantitative estimate of drug-likeness (QED) is 0.597. The van der Waals surface area contributed by atoms with E-state index < -0.39 is 18.7 Å². The molecule has 130 valence electrons. The first-order valence-electron chi connectivity index (χ1n) is 7.69. The number of hydrogen-bond donors (Lipinski definition) is 2. The van der Waals surface area contributed by atoms with Crippen LogP contribution in [-0.2, 0) is 27.5 Å². The molecule has 1 amide bonds. The van der Waals surface area contributed by atoms with Crippen LogP contribution in [-0.4, -0.2) is 23.8 Å².